The third-order valence-electron chi connectivity index (χ3n) is 3.32. The van der Waals surface area contributed by atoms with Crippen molar-refractivity contribution in [2.75, 3.05) is 11.9 Å². The Morgan fingerprint density at radius 3 is 2.70 bits per heavy atom. The Balaban J connectivity index is 1.64. The van der Waals surface area contributed by atoms with Crippen LogP contribution >= 0.6 is 11.3 Å². The number of carbonyl (C=O) groups is 2. The van der Waals surface area contributed by atoms with E-state index in [2.05, 4.69) is 15.6 Å². The molecule has 3 rings (SSSR count). The molecule has 2 N–H and O–H groups in total. The zero-order valence-electron chi connectivity index (χ0n) is 12.5. The minimum Gasteiger partial charge on any atom is -0.342 e. The maximum atomic E-state index is 12.1. The van der Waals surface area contributed by atoms with E-state index >= 15 is 0 Å². The highest BCUT2D eigenvalue weighted by molar-refractivity contribution is 7.13. The number of hydrogen-bond donors (Lipinski definition) is 2. The number of rotatable bonds is 4. The highest BCUT2D eigenvalue weighted by atomic mass is 32.1. The first-order valence-corrected chi connectivity index (χ1v) is 7.93. The van der Waals surface area contributed by atoms with E-state index in [4.69, 9.17) is 0 Å². The molecule has 0 saturated carbocycles. The van der Waals surface area contributed by atoms with Crippen LogP contribution in [0.25, 0.3) is 10.8 Å². The van der Waals surface area contributed by atoms with Crippen LogP contribution in [-0.2, 0) is 4.79 Å². The molecular formula is C17H15N3O2S. The number of hydrogen-bond acceptors (Lipinski definition) is 4. The molecule has 0 atom stereocenters. The van der Waals surface area contributed by atoms with E-state index in [-0.39, 0.29) is 18.4 Å². The topological polar surface area (TPSA) is 71.1 Å². The molecule has 6 heteroatoms. The molecule has 1 heterocycles. The third kappa shape index (κ3) is 3.54. The lowest BCUT2D eigenvalue weighted by Crippen LogP contribution is -2.32. The Kier molecular flexibility index (Phi) is 4.34. The molecule has 5 nitrogen and oxygen atoms in total. The number of aromatic nitrogens is 1. The number of thiazole rings is 1. The van der Waals surface area contributed by atoms with Gasteiger partial charge in [0, 0.05) is 11.1 Å². The van der Waals surface area contributed by atoms with E-state index < -0.39 is 0 Å². The fourth-order valence-electron chi connectivity index (χ4n) is 2.24. The van der Waals surface area contributed by atoms with E-state index in [9.17, 15) is 9.59 Å². The molecule has 0 saturated heterocycles. The molecule has 2 amide bonds. The molecule has 0 aliphatic heterocycles. The zero-order chi connectivity index (χ0) is 16.2. The van der Waals surface area contributed by atoms with Crippen LogP contribution in [0.4, 0.5) is 5.69 Å². The van der Waals surface area contributed by atoms with Crippen molar-refractivity contribution in [3.8, 4) is 0 Å². The van der Waals surface area contributed by atoms with Crippen LogP contribution in [0.2, 0.25) is 0 Å². The summed E-state index contributed by atoms with van der Waals surface area (Å²) in [5.41, 5.74) is 0.732. The summed E-state index contributed by atoms with van der Waals surface area (Å²) in [6.07, 6.45) is 1.51. The largest absolute Gasteiger partial charge is 0.342 e. The summed E-state index contributed by atoms with van der Waals surface area (Å²) >= 11 is 1.30. The molecule has 2 aromatic carbocycles. The first kappa shape index (κ1) is 15.2. The lowest BCUT2D eigenvalue weighted by Gasteiger charge is -2.09. The zero-order valence-corrected chi connectivity index (χ0v) is 13.3. The monoisotopic (exact) mass is 325 g/mol. The minimum atomic E-state index is -0.288. The van der Waals surface area contributed by atoms with Crippen LogP contribution in [-0.4, -0.2) is 23.3 Å². The van der Waals surface area contributed by atoms with E-state index in [1.165, 1.54) is 17.5 Å². The summed E-state index contributed by atoms with van der Waals surface area (Å²) in [6, 6.07) is 13.5. The van der Waals surface area contributed by atoms with Gasteiger partial charge in [0.2, 0.25) is 5.91 Å². The maximum Gasteiger partial charge on any atom is 0.263 e. The Labute approximate surface area is 137 Å². The van der Waals surface area contributed by atoms with Crippen LogP contribution in [0.5, 0.6) is 0 Å². The van der Waals surface area contributed by atoms with Crippen molar-refractivity contribution in [3.05, 3.63) is 58.5 Å². The predicted octanol–water partition coefficient (Wildman–Crippen LogP) is 2.97. The first-order chi connectivity index (χ1) is 11.1. The predicted molar refractivity (Wildman–Crippen MR) is 91.8 cm³/mol. The van der Waals surface area contributed by atoms with Crippen molar-refractivity contribution in [3.63, 3.8) is 0 Å². The molecule has 0 bridgehead atoms. The quantitative estimate of drug-likeness (QED) is 0.775. The van der Waals surface area contributed by atoms with Gasteiger partial charge < -0.3 is 10.6 Å². The molecule has 0 radical (unpaired) electrons. The molecule has 0 fully saturated rings. The fraction of sp³-hybridized carbons (Fsp3) is 0.118. The summed E-state index contributed by atoms with van der Waals surface area (Å²) in [4.78, 5) is 28.5. The number of amides is 2. The van der Waals surface area contributed by atoms with E-state index in [1.54, 1.807) is 0 Å². The number of nitrogens with one attached hydrogen (secondary N) is 2. The van der Waals surface area contributed by atoms with Gasteiger partial charge in [0.1, 0.15) is 4.88 Å². The number of benzene rings is 2. The van der Waals surface area contributed by atoms with Crippen LogP contribution in [0, 0.1) is 6.92 Å². The van der Waals surface area contributed by atoms with Crippen molar-refractivity contribution in [1.82, 2.24) is 10.3 Å². The summed E-state index contributed by atoms with van der Waals surface area (Å²) in [7, 11) is 0. The molecule has 0 aliphatic carbocycles. The highest BCUT2D eigenvalue weighted by Gasteiger charge is 2.11. The standard InChI is InChI=1S/C17H15N3O2S/c1-11-18-9-15(23-11)17(22)19-10-16(21)20-14-8-4-6-12-5-2-3-7-13(12)14/h2-9H,10H2,1H3,(H,19,22)(H,20,21). The molecule has 23 heavy (non-hydrogen) atoms. The van der Waals surface area contributed by atoms with Crippen LogP contribution in [0.3, 0.4) is 0 Å². The van der Waals surface area contributed by atoms with E-state index in [0.29, 0.717) is 4.88 Å². The van der Waals surface area contributed by atoms with Crippen molar-refractivity contribution in [1.29, 1.82) is 0 Å². The number of fused-ring (bicyclic) bond motifs is 1. The molecule has 0 spiro atoms. The Bertz CT molecular complexity index is 868. The van der Waals surface area contributed by atoms with Crippen LogP contribution in [0.1, 0.15) is 14.7 Å². The Morgan fingerprint density at radius 2 is 1.91 bits per heavy atom. The number of nitrogens with zero attached hydrogens (tertiary/aromatic N) is 1. The molecular weight excluding hydrogens is 310 g/mol. The SMILES string of the molecule is Cc1ncc(C(=O)NCC(=O)Nc2cccc3ccccc23)s1. The Morgan fingerprint density at radius 1 is 1.13 bits per heavy atom. The molecule has 3 aromatic rings. The van der Waals surface area contributed by atoms with Gasteiger partial charge >= 0.3 is 0 Å². The van der Waals surface area contributed by atoms with Crippen molar-refractivity contribution in [2.24, 2.45) is 0 Å². The van der Waals surface area contributed by atoms with Crippen LogP contribution in [0.15, 0.2) is 48.7 Å². The molecule has 116 valence electrons. The number of carbonyl (C=O) groups excluding carboxylic acids is 2. The number of anilines is 1. The van der Waals surface area contributed by atoms with Gasteiger partial charge in [0.25, 0.3) is 5.91 Å². The molecule has 0 aliphatic rings. The smallest absolute Gasteiger partial charge is 0.263 e. The second-order valence-electron chi connectivity index (χ2n) is 5.00. The normalized spacial score (nSPS) is 10.5. The van der Waals surface area contributed by atoms with Gasteiger partial charge in [-0.05, 0) is 18.4 Å². The average Bonchev–Trinajstić information content (AvgIpc) is 2.99. The summed E-state index contributed by atoms with van der Waals surface area (Å²) in [5, 5.41) is 8.26. The second-order valence-corrected chi connectivity index (χ2v) is 6.24. The summed E-state index contributed by atoms with van der Waals surface area (Å²) < 4.78 is 0. The van der Waals surface area contributed by atoms with Gasteiger partial charge in [-0.25, -0.2) is 4.98 Å². The summed E-state index contributed by atoms with van der Waals surface area (Å²) in [5.74, 6) is -0.556. The van der Waals surface area contributed by atoms with Gasteiger partial charge in [-0.3, -0.25) is 9.59 Å². The van der Waals surface area contributed by atoms with Gasteiger partial charge in [0.05, 0.1) is 17.7 Å². The van der Waals surface area contributed by atoms with E-state index in [0.717, 1.165) is 21.5 Å². The first-order valence-electron chi connectivity index (χ1n) is 7.12. The van der Waals surface area contributed by atoms with Crippen molar-refractivity contribution >= 4 is 39.6 Å². The average molecular weight is 325 g/mol. The lowest BCUT2D eigenvalue weighted by molar-refractivity contribution is -0.115. The van der Waals surface area contributed by atoms with Crippen LogP contribution < -0.4 is 10.6 Å². The third-order valence-corrected chi connectivity index (χ3v) is 4.23. The van der Waals surface area contributed by atoms with Gasteiger partial charge in [-0.15, -0.1) is 11.3 Å². The van der Waals surface area contributed by atoms with Gasteiger partial charge in [0.15, 0.2) is 0 Å². The second kappa shape index (κ2) is 6.58. The fourth-order valence-corrected chi connectivity index (χ4v) is 2.94. The highest BCUT2D eigenvalue weighted by Crippen LogP contribution is 2.22. The Hall–Kier alpha value is -2.73. The number of aryl methyl sites for hydroxylation is 1. The minimum absolute atomic E-state index is 0.0843. The van der Waals surface area contributed by atoms with E-state index in [1.807, 2.05) is 49.4 Å². The van der Waals surface area contributed by atoms with Gasteiger partial charge in [-0.1, -0.05) is 36.4 Å². The molecule has 1 aromatic heterocycles. The van der Waals surface area contributed by atoms with Crippen molar-refractivity contribution in [2.45, 2.75) is 6.92 Å². The molecule has 0 unspecified atom stereocenters. The van der Waals surface area contributed by atoms with Crippen molar-refractivity contribution < 1.29 is 9.59 Å². The maximum absolute atomic E-state index is 12.1. The van der Waals surface area contributed by atoms with Gasteiger partial charge in [-0.2, -0.15) is 0 Å². The summed E-state index contributed by atoms with van der Waals surface area (Å²) in [6.45, 7) is 1.74. The lowest BCUT2D eigenvalue weighted by atomic mass is 10.1.